The number of alkyl halides is 2. The highest BCUT2D eigenvalue weighted by atomic mass is 35.5. The first-order valence-electron chi connectivity index (χ1n) is 11.1. The number of rotatable bonds is 11. The van der Waals surface area contributed by atoms with Crippen LogP contribution < -0.4 is 4.74 Å². The summed E-state index contributed by atoms with van der Waals surface area (Å²) in [5.41, 5.74) is 2.60. The highest BCUT2D eigenvalue weighted by molar-refractivity contribution is 6.30. The van der Waals surface area contributed by atoms with E-state index < -0.39 is 18.3 Å². The molecule has 3 aromatic rings. The largest absolute Gasteiger partial charge is 0.492 e. The van der Waals surface area contributed by atoms with Crippen LogP contribution in [0.15, 0.2) is 72.8 Å². The number of likely N-dealkylation sites (N-methyl/N-ethyl adjacent to an activating group) is 1. The number of hydrogen-bond acceptors (Lipinski definition) is 4. The molecule has 0 saturated heterocycles. The molecule has 0 N–H and O–H groups in total. The van der Waals surface area contributed by atoms with Crippen LogP contribution in [0.3, 0.4) is 0 Å². The van der Waals surface area contributed by atoms with Gasteiger partial charge in [0.2, 0.25) is 0 Å². The summed E-state index contributed by atoms with van der Waals surface area (Å²) >= 11 is 12.2. The van der Waals surface area contributed by atoms with Gasteiger partial charge < -0.3 is 14.4 Å². The number of esters is 1. The third-order valence-electron chi connectivity index (χ3n) is 5.61. The molecule has 3 aromatic carbocycles. The molecule has 0 atom stereocenters. The lowest BCUT2D eigenvalue weighted by Crippen LogP contribution is -2.32. The summed E-state index contributed by atoms with van der Waals surface area (Å²) in [4.78, 5) is 13.3. The second kappa shape index (κ2) is 12.3. The molecular weight excluding hydrogens is 495 g/mol. The second-order valence-corrected chi connectivity index (χ2v) is 9.16. The lowest BCUT2D eigenvalue weighted by molar-refractivity contribution is -0.168. The molecule has 0 unspecified atom stereocenters. The predicted molar refractivity (Wildman–Crippen MR) is 135 cm³/mol. The van der Waals surface area contributed by atoms with E-state index in [9.17, 15) is 13.6 Å². The molecule has 3 rings (SSSR count). The van der Waals surface area contributed by atoms with Gasteiger partial charge in [-0.15, -0.1) is 0 Å². The van der Waals surface area contributed by atoms with Crippen LogP contribution in [0, 0.1) is 0 Å². The molecule has 4 nitrogen and oxygen atoms in total. The zero-order chi connectivity index (χ0) is 25.4. The van der Waals surface area contributed by atoms with Crippen LogP contribution in [-0.2, 0) is 16.0 Å². The van der Waals surface area contributed by atoms with Gasteiger partial charge in [-0.05, 0) is 60.1 Å². The van der Waals surface area contributed by atoms with Gasteiger partial charge in [0.15, 0.2) is 0 Å². The second-order valence-electron chi connectivity index (χ2n) is 8.28. The molecule has 186 valence electrons. The fraction of sp³-hybridized carbons (Fsp3) is 0.296. The highest BCUT2D eigenvalue weighted by Gasteiger charge is 2.40. The Hall–Kier alpha value is -2.67. The van der Waals surface area contributed by atoms with Gasteiger partial charge in [-0.1, -0.05) is 59.6 Å². The maximum Gasteiger partial charge on any atom is 0.377 e. The van der Waals surface area contributed by atoms with Crippen LogP contribution in [0.1, 0.15) is 22.6 Å². The van der Waals surface area contributed by atoms with Crippen molar-refractivity contribution in [2.75, 3.05) is 33.9 Å². The first-order chi connectivity index (χ1) is 16.7. The fourth-order valence-corrected chi connectivity index (χ4v) is 3.95. The highest BCUT2D eigenvalue weighted by Crippen LogP contribution is 2.28. The number of carbonyl (C=O) groups is 1. The topological polar surface area (TPSA) is 38.8 Å². The summed E-state index contributed by atoms with van der Waals surface area (Å²) in [6.07, 6.45) is -0.723. The molecule has 0 aliphatic heterocycles. The van der Waals surface area contributed by atoms with Gasteiger partial charge in [0.25, 0.3) is 0 Å². The molecule has 0 heterocycles. The van der Waals surface area contributed by atoms with Gasteiger partial charge in [0.1, 0.15) is 12.4 Å². The van der Waals surface area contributed by atoms with E-state index in [1.165, 1.54) is 12.1 Å². The predicted octanol–water partition coefficient (Wildman–Crippen LogP) is 6.49. The zero-order valence-electron chi connectivity index (χ0n) is 19.5. The zero-order valence-corrected chi connectivity index (χ0v) is 21.0. The van der Waals surface area contributed by atoms with Gasteiger partial charge in [0.05, 0.1) is 7.11 Å². The summed E-state index contributed by atoms with van der Waals surface area (Å²) in [7, 11) is 2.96. The maximum atomic E-state index is 13.8. The Morgan fingerprint density at radius 1 is 0.914 bits per heavy atom. The van der Waals surface area contributed by atoms with E-state index in [0.29, 0.717) is 34.5 Å². The van der Waals surface area contributed by atoms with Crippen molar-refractivity contribution >= 4 is 29.2 Å². The molecule has 0 bridgehead atoms. The maximum absolute atomic E-state index is 13.8. The Bertz CT molecular complexity index is 1050. The Morgan fingerprint density at radius 2 is 1.43 bits per heavy atom. The Labute approximate surface area is 214 Å². The minimum absolute atomic E-state index is 0.116. The molecule has 0 amide bonds. The first kappa shape index (κ1) is 26.9. The van der Waals surface area contributed by atoms with E-state index in [4.69, 9.17) is 27.9 Å². The monoisotopic (exact) mass is 521 g/mol. The summed E-state index contributed by atoms with van der Waals surface area (Å²) in [6.45, 7) is 1.82. The minimum Gasteiger partial charge on any atom is -0.492 e. The van der Waals surface area contributed by atoms with Crippen molar-refractivity contribution in [2.24, 2.45) is 0 Å². The van der Waals surface area contributed by atoms with Crippen molar-refractivity contribution in [3.63, 3.8) is 0 Å². The van der Waals surface area contributed by atoms with Crippen molar-refractivity contribution in [2.45, 2.75) is 18.3 Å². The number of hydrogen-bond donors (Lipinski definition) is 0. The summed E-state index contributed by atoms with van der Waals surface area (Å²) in [6, 6.07) is 21.9. The fourth-order valence-electron chi connectivity index (χ4n) is 3.70. The first-order valence-corrected chi connectivity index (χ1v) is 11.8. The number of halogens is 4. The number of nitrogens with zero attached hydrogens (tertiary/aromatic N) is 1. The van der Waals surface area contributed by atoms with Gasteiger partial charge >= 0.3 is 11.9 Å². The average Bonchev–Trinajstić information content (AvgIpc) is 2.84. The summed E-state index contributed by atoms with van der Waals surface area (Å²) < 4.78 is 37.5. The van der Waals surface area contributed by atoms with Crippen molar-refractivity contribution < 1.29 is 23.0 Å². The molecule has 0 aliphatic rings. The Balaban J connectivity index is 1.56. The summed E-state index contributed by atoms with van der Waals surface area (Å²) in [5.74, 6) is -4.43. The van der Waals surface area contributed by atoms with E-state index in [0.717, 1.165) is 24.8 Å². The Morgan fingerprint density at radius 3 is 1.91 bits per heavy atom. The number of benzene rings is 3. The quantitative estimate of drug-likeness (QED) is 0.270. The molecule has 0 radical (unpaired) electrons. The minimum atomic E-state index is -3.56. The average molecular weight is 522 g/mol. The van der Waals surface area contributed by atoms with E-state index in [2.05, 4.69) is 9.64 Å². The van der Waals surface area contributed by atoms with Gasteiger partial charge in [-0.25, -0.2) is 4.79 Å². The van der Waals surface area contributed by atoms with Crippen molar-refractivity contribution in [1.29, 1.82) is 0 Å². The van der Waals surface area contributed by atoms with Crippen LogP contribution in [-0.4, -0.2) is 50.6 Å². The smallest absolute Gasteiger partial charge is 0.377 e. The van der Waals surface area contributed by atoms with E-state index in [1.807, 2.05) is 55.6 Å². The summed E-state index contributed by atoms with van der Waals surface area (Å²) in [5, 5.41) is 1.37. The molecular formula is C27H27Cl2F2NO3. The molecule has 35 heavy (non-hydrogen) atoms. The van der Waals surface area contributed by atoms with Crippen LogP contribution in [0.4, 0.5) is 8.78 Å². The van der Waals surface area contributed by atoms with Crippen molar-refractivity contribution in [3.8, 4) is 5.75 Å². The van der Waals surface area contributed by atoms with E-state index in [1.54, 1.807) is 12.1 Å². The number of ether oxygens (including phenoxy) is 2. The van der Waals surface area contributed by atoms with E-state index in [-0.39, 0.29) is 5.92 Å². The number of carbonyl (C=O) groups excluding carboxylic acids is 1. The van der Waals surface area contributed by atoms with Gasteiger partial charge in [0, 0.05) is 35.5 Å². The van der Waals surface area contributed by atoms with Crippen LogP contribution in [0.25, 0.3) is 0 Å². The standard InChI is InChI=1S/C27H27Cl2F2NO3/c1-32(15-16-35-24-13-3-19(4-14-24)17-27(30,31)26(33)34-2)18-25(20-5-9-22(28)10-6-20)21-7-11-23(29)12-8-21/h3-14,25H,15-18H2,1-2H3. The van der Waals surface area contributed by atoms with Gasteiger partial charge in [-0.2, -0.15) is 8.78 Å². The molecule has 8 heteroatoms. The van der Waals surface area contributed by atoms with Gasteiger partial charge in [-0.3, -0.25) is 0 Å². The molecule has 0 spiro atoms. The molecule has 0 saturated carbocycles. The Kier molecular flexibility index (Phi) is 9.49. The lowest BCUT2D eigenvalue weighted by atomic mass is 9.91. The third-order valence-corrected chi connectivity index (χ3v) is 6.12. The lowest BCUT2D eigenvalue weighted by Gasteiger charge is -2.25. The van der Waals surface area contributed by atoms with Crippen LogP contribution in [0.2, 0.25) is 10.0 Å². The normalized spacial score (nSPS) is 11.7. The van der Waals surface area contributed by atoms with Crippen LogP contribution in [0.5, 0.6) is 5.75 Å². The third kappa shape index (κ3) is 7.92. The van der Waals surface area contributed by atoms with Crippen molar-refractivity contribution in [1.82, 2.24) is 4.90 Å². The van der Waals surface area contributed by atoms with Crippen LogP contribution >= 0.6 is 23.2 Å². The SMILES string of the molecule is COC(=O)C(F)(F)Cc1ccc(OCCN(C)CC(c2ccc(Cl)cc2)c2ccc(Cl)cc2)cc1. The number of methoxy groups -OCH3 is 1. The van der Waals surface area contributed by atoms with E-state index >= 15 is 0 Å². The molecule has 0 aliphatic carbocycles. The van der Waals surface area contributed by atoms with Crippen molar-refractivity contribution in [3.05, 3.63) is 99.5 Å². The molecule has 0 fully saturated rings. The molecule has 0 aromatic heterocycles.